The molecule has 0 aromatic rings. The van der Waals surface area contributed by atoms with Gasteiger partial charge in [0.1, 0.15) is 0 Å². The molecule has 1 rings (SSSR count). The van der Waals surface area contributed by atoms with Crippen LogP contribution in [0.4, 0.5) is 0 Å². The average Bonchev–Trinajstić information content (AvgIpc) is 2.61. The highest BCUT2D eigenvalue weighted by Crippen LogP contribution is 2.11. The van der Waals surface area contributed by atoms with Crippen LogP contribution in [0.2, 0.25) is 0 Å². The summed E-state index contributed by atoms with van der Waals surface area (Å²) in [6.45, 7) is 7.26. The zero-order valence-electron chi connectivity index (χ0n) is 11.3. The fraction of sp³-hybridized carbons (Fsp3) is 0.917. The maximum Gasteiger partial charge on any atom is 0.233 e. The third-order valence-corrected chi connectivity index (χ3v) is 3.61. The van der Waals surface area contributed by atoms with Crippen LogP contribution in [-0.4, -0.2) is 66.2 Å². The van der Waals surface area contributed by atoms with Crippen molar-refractivity contribution in [1.82, 2.24) is 15.2 Å². The van der Waals surface area contributed by atoms with Gasteiger partial charge in [-0.2, -0.15) is 0 Å². The fourth-order valence-corrected chi connectivity index (χ4v) is 2.39. The molecule has 0 bridgehead atoms. The van der Waals surface area contributed by atoms with E-state index in [4.69, 9.17) is 10.9 Å². The SMILES string of the molecule is CC(CCC(=O)NN)N1CCCN(CCO)CC1. The van der Waals surface area contributed by atoms with Crippen LogP contribution >= 0.6 is 0 Å². The summed E-state index contributed by atoms with van der Waals surface area (Å²) in [5.41, 5.74) is 2.17. The summed E-state index contributed by atoms with van der Waals surface area (Å²) in [7, 11) is 0. The minimum Gasteiger partial charge on any atom is -0.395 e. The lowest BCUT2D eigenvalue weighted by Crippen LogP contribution is -2.38. The molecule has 1 atom stereocenters. The van der Waals surface area contributed by atoms with Crippen LogP contribution in [0.1, 0.15) is 26.2 Å². The Hall–Kier alpha value is -0.690. The summed E-state index contributed by atoms with van der Waals surface area (Å²) in [5.74, 6) is 4.97. The van der Waals surface area contributed by atoms with Crippen molar-refractivity contribution in [2.45, 2.75) is 32.2 Å². The second kappa shape index (κ2) is 8.42. The van der Waals surface area contributed by atoms with Gasteiger partial charge in [0.15, 0.2) is 0 Å². The lowest BCUT2D eigenvalue weighted by molar-refractivity contribution is -0.121. The smallest absolute Gasteiger partial charge is 0.233 e. The molecule has 1 heterocycles. The Balaban J connectivity index is 2.30. The summed E-state index contributed by atoms with van der Waals surface area (Å²) in [5, 5.41) is 8.95. The van der Waals surface area contributed by atoms with E-state index >= 15 is 0 Å². The van der Waals surface area contributed by atoms with Crippen LogP contribution in [-0.2, 0) is 4.79 Å². The van der Waals surface area contributed by atoms with Crippen LogP contribution in [0, 0.1) is 0 Å². The molecule has 1 fully saturated rings. The van der Waals surface area contributed by atoms with Crippen LogP contribution in [0.25, 0.3) is 0 Å². The summed E-state index contributed by atoms with van der Waals surface area (Å²) < 4.78 is 0. The number of carbonyl (C=O) groups excluding carboxylic acids is 1. The number of hydrazine groups is 1. The van der Waals surface area contributed by atoms with Gasteiger partial charge < -0.3 is 5.11 Å². The van der Waals surface area contributed by atoms with Crippen molar-refractivity contribution >= 4 is 5.91 Å². The van der Waals surface area contributed by atoms with Crippen molar-refractivity contribution in [3.8, 4) is 0 Å². The van der Waals surface area contributed by atoms with Crippen LogP contribution in [0.3, 0.4) is 0 Å². The number of nitrogens with one attached hydrogen (secondary N) is 1. The van der Waals surface area contributed by atoms with E-state index in [1.54, 1.807) is 0 Å². The van der Waals surface area contributed by atoms with Gasteiger partial charge in [0.05, 0.1) is 6.61 Å². The summed E-state index contributed by atoms with van der Waals surface area (Å²) in [4.78, 5) is 15.8. The van der Waals surface area contributed by atoms with E-state index < -0.39 is 0 Å². The first-order valence-electron chi connectivity index (χ1n) is 6.74. The van der Waals surface area contributed by atoms with Gasteiger partial charge in [-0.25, -0.2) is 5.84 Å². The number of carbonyl (C=O) groups is 1. The molecule has 0 aliphatic carbocycles. The molecule has 1 amide bonds. The summed E-state index contributed by atoms with van der Waals surface area (Å²) in [6.07, 6.45) is 2.44. The Bertz CT molecular complexity index is 250. The minimum atomic E-state index is -0.0985. The third kappa shape index (κ3) is 5.30. The number of nitrogens with zero attached hydrogens (tertiary/aromatic N) is 2. The standard InChI is InChI=1S/C12H26N4O2/c1-11(3-4-12(18)14-13)16-6-2-5-15(7-8-16)9-10-17/h11,17H,2-10,13H2,1H3,(H,14,18). The van der Waals surface area contributed by atoms with Gasteiger partial charge in [0, 0.05) is 32.1 Å². The molecular weight excluding hydrogens is 232 g/mol. The summed E-state index contributed by atoms with van der Waals surface area (Å²) in [6, 6.07) is 0.399. The van der Waals surface area contributed by atoms with Gasteiger partial charge in [0.25, 0.3) is 0 Å². The molecule has 18 heavy (non-hydrogen) atoms. The molecule has 106 valence electrons. The monoisotopic (exact) mass is 258 g/mol. The van der Waals surface area contributed by atoms with Crippen molar-refractivity contribution < 1.29 is 9.90 Å². The molecular formula is C12H26N4O2. The number of hydrogen-bond donors (Lipinski definition) is 3. The Morgan fingerprint density at radius 3 is 2.83 bits per heavy atom. The van der Waals surface area contributed by atoms with Gasteiger partial charge in [0.2, 0.25) is 5.91 Å². The average molecular weight is 258 g/mol. The van der Waals surface area contributed by atoms with E-state index in [0.29, 0.717) is 12.5 Å². The van der Waals surface area contributed by atoms with Gasteiger partial charge in [-0.1, -0.05) is 0 Å². The highest BCUT2D eigenvalue weighted by molar-refractivity contribution is 5.75. The molecule has 4 N–H and O–H groups in total. The number of hydrogen-bond acceptors (Lipinski definition) is 5. The van der Waals surface area contributed by atoms with Crippen molar-refractivity contribution in [3.63, 3.8) is 0 Å². The van der Waals surface area contributed by atoms with Gasteiger partial charge in [-0.3, -0.25) is 20.0 Å². The van der Waals surface area contributed by atoms with E-state index in [9.17, 15) is 4.79 Å². The molecule has 0 aromatic carbocycles. The molecule has 1 unspecified atom stereocenters. The van der Waals surface area contributed by atoms with Gasteiger partial charge in [-0.15, -0.1) is 0 Å². The second-order valence-electron chi connectivity index (χ2n) is 4.91. The zero-order chi connectivity index (χ0) is 13.4. The first-order chi connectivity index (χ1) is 8.67. The number of β-amino-alcohol motifs (C(OH)–C–C–N with tert-alkyl or cyclic N) is 1. The Morgan fingerprint density at radius 1 is 1.39 bits per heavy atom. The number of aliphatic hydroxyl groups is 1. The van der Waals surface area contributed by atoms with Crippen molar-refractivity contribution in [1.29, 1.82) is 0 Å². The topological polar surface area (TPSA) is 81.8 Å². The lowest BCUT2D eigenvalue weighted by atomic mass is 10.1. The van der Waals surface area contributed by atoms with E-state index in [2.05, 4.69) is 22.1 Å². The van der Waals surface area contributed by atoms with Crippen molar-refractivity contribution in [2.75, 3.05) is 39.3 Å². The largest absolute Gasteiger partial charge is 0.395 e. The molecule has 6 heteroatoms. The molecule has 1 aliphatic heterocycles. The van der Waals surface area contributed by atoms with Crippen molar-refractivity contribution in [3.05, 3.63) is 0 Å². The number of amides is 1. The molecule has 6 nitrogen and oxygen atoms in total. The highest BCUT2D eigenvalue weighted by Gasteiger charge is 2.19. The van der Waals surface area contributed by atoms with Gasteiger partial charge >= 0.3 is 0 Å². The molecule has 0 radical (unpaired) electrons. The molecule has 0 saturated carbocycles. The predicted octanol–water partition coefficient (Wildman–Crippen LogP) is -0.855. The Kier molecular flexibility index (Phi) is 7.19. The van der Waals surface area contributed by atoms with Crippen LogP contribution < -0.4 is 11.3 Å². The third-order valence-electron chi connectivity index (χ3n) is 3.61. The molecule has 0 spiro atoms. The first kappa shape index (κ1) is 15.4. The summed E-state index contributed by atoms with van der Waals surface area (Å²) >= 11 is 0. The quantitative estimate of drug-likeness (QED) is 0.328. The zero-order valence-corrected chi connectivity index (χ0v) is 11.3. The Labute approximate surface area is 109 Å². The fourth-order valence-electron chi connectivity index (χ4n) is 2.39. The highest BCUT2D eigenvalue weighted by atomic mass is 16.3. The maximum absolute atomic E-state index is 11.1. The van der Waals surface area contributed by atoms with E-state index in [-0.39, 0.29) is 12.5 Å². The minimum absolute atomic E-state index is 0.0985. The van der Waals surface area contributed by atoms with E-state index in [0.717, 1.165) is 45.6 Å². The number of aliphatic hydroxyl groups excluding tert-OH is 1. The van der Waals surface area contributed by atoms with Crippen LogP contribution in [0.15, 0.2) is 0 Å². The number of rotatable bonds is 6. The predicted molar refractivity (Wildman–Crippen MR) is 70.7 cm³/mol. The van der Waals surface area contributed by atoms with Crippen LogP contribution in [0.5, 0.6) is 0 Å². The molecule has 1 aliphatic rings. The molecule has 0 aromatic heterocycles. The molecule has 1 saturated heterocycles. The van der Waals surface area contributed by atoms with E-state index in [1.807, 2.05) is 0 Å². The van der Waals surface area contributed by atoms with Gasteiger partial charge in [-0.05, 0) is 32.9 Å². The lowest BCUT2D eigenvalue weighted by Gasteiger charge is -2.27. The number of nitrogens with two attached hydrogens (primary N) is 1. The second-order valence-corrected chi connectivity index (χ2v) is 4.91. The first-order valence-corrected chi connectivity index (χ1v) is 6.74. The van der Waals surface area contributed by atoms with E-state index in [1.165, 1.54) is 0 Å². The maximum atomic E-state index is 11.1. The Morgan fingerprint density at radius 2 is 2.17 bits per heavy atom. The van der Waals surface area contributed by atoms with Crippen molar-refractivity contribution in [2.24, 2.45) is 5.84 Å². The normalized spacial score (nSPS) is 20.4.